The first-order valence-corrected chi connectivity index (χ1v) is 10.7. The van der Waals surface area contributed by atoms with Crippen molar-refractivity contribution < 1.29 is 25.9 Å². The minimum Gasteiger partial charge on any atom is -0.373 e. The van der Waals surface area contributed by atoms with Gasteiger partial charge in [-0.15, -0.1) is 0 Å². The van der Waals surface area contributed by atoms with Gasteiger partial charge in [-0.25, -0.2) is 28.7 Å². The molecule has 4 heterocycles. The maximum Gasteiger partial charge on any atom is 0.182 e. The van der Waals surface area contributed by atoms with Gasteiger partial charge in [0, 0.05) is 42.3 Å². The van der Waals surface area contributed by atoms with Crippen molar-refractivity contribution in [1.29, 1.82) is 0 Å². The normalized spacial score (nSPS) is 23.4. The molecular weight excluding hydrogens is 460 g/mol. The second-order valence-corrected chi connectivity index (χ2v) is 8.21. The highest BCUT2D eigenvalue weighted by molar-refractivity contribution is 6.30. The number of fused-ring (bicyclic) bond motifs is 1. The van der Waals surface area contributed by atoms with Crippen LogP contribution in [0.1, 0.15) is 65.7 Å². The van der Waals surface area contributed by atoms with Crippen LogP contribution in [0, 0.1) is 32.2 Å². The third-order valence-electron chi connectivity index (χ3n) is 5.64. The number of benzene rings is 1. The third kappa shape index (κ3) is 4.12. The monoisotopic (exact) mass is 490 g/mol. The van der Waals surface area contributed by atoms with Crippen LogP contribution in [-0.2, 0) is 4.74 Å². The van der Waals surface area contributed by atoms with Crippen molar-refractivity contribution in [2.24, 2.45) is 0 Å². The van der Waals surface area contributed by atoms with Crippen molar-refractivity contribution >= 4 is 22.8 Å². The molecule has 9 heteroatoms. The molecular formula is C25H22ClF2N5O. The number of nitrogens with zero attached hydrogens (tertiary/aromatic N) is 5. The number of ether oxygens (including phenoxy) is 1. The SMILES string of the molecule is [2H]C([2H])([2H])c1cc([C@H]2C[C@H](c3nc(-c4ccc(Cl)c(F)c4F)c4nc(C([2H])([2H])[2H])c(C([2H])([2H])[2H])nc4n3)CCO2)ccn1. The van der Waals surface area contributed by atoms with Gasteiger partial charge in [0.2, 0.25) is 0 Å². The van der Waals surface area contributed by atoms with E-state index in [1.807, 2.05) is 0 Å². The van der Waals surface area contributed by atoms with E-state index in [0.29, 0.717) is 12.0 Å². The molecule has 0 aliphatic carbocycles. The van der Waals surface area contributed by atoms with Gasteiger partial charge in [0.05, 0.1) is 22.5 Å². The summed E-state index contributed by atoms with van der Waals surface area (Å²) in [4.78, 5) is 20.9. The Balaban J connectivity index is 1.70. The van der Waals surface area contributed by atoms with Gasteiger partial charge in [-0.2, -0.15) is 0 Å². The highest BCUT2D eigenvalue weighted by Gasteiger charge is 2.29. The average molecular weight is 491 g/mol. The van der Waals surface area contributed by atoms with Crippen molar-refractivity contribution in [3.05, 3.63) is 75.6 Å². The summed E-state index contributed by atoms with van der Waals surface area (Å²) in [6.45, 7) is -8.24. The van der Waals surface area contributed by atoms with Crippen LogP contribution in [0.5, 0.6) is 0 Å². The molecule has 34 heavy (non-hydrogen) atoms. The predicted octanol–water partition coefficient (Wildman–Crippen LogP) is 5.97. The average Bonchev–Trinajstić information content (AvgIpc) is 2.93. The molecule has 3 aromatic heterocycles. The lowest BCUT2D eigenvalue weighted by molar-refractivity contribution is 0.00393. The molecule has 6 nitrogen and oxygen atoms in total. The number of hydrogen-bond acceptors (Lipinski definition) is 6. The molecule has 0 spiro atoms. The molecule has 1 aromatic carbocycles. The van der Waals surface area contributed by atoms with Gasteiger partial charge in [0.15, 0.2) is 17.3 Å². The molecule has 1 saturated heterocycles. The van der Waals surface area contributed by atoms with Crippen molar-refractivity contribution in [3.63, 3.8) is 0 Å². The Bertz CT molecular complexity index is 1720. The molecule has 0 bridgehead atoms. The van der Waals surface area contributed by atoms with E-state index >= 15 is 4.39 Å². The zero-order valence-corrected chi connectivity index (χ0v) is 18.2. The van der Waals surface area contributed by atoms with Gasteiger partial charge >= 0.3 is 0 Å². The molecule has 0 N–H and O–H groups in total. The Hall–Kier alpha value is -3.10. The van der Waals surface area contributed by atoms with E-state index in [0.717, 1.165) is 12.1 Å². The highest BCUT2D eigenvalue weighted by Crippen LogP contribution is 2.38. The van der Waals surface area contributed by atoms with Crippen molar-refractivity contribution in [1.82, 2.24) is 24.9 Å². The zero-order chi connectivity index (χ0) is 31.5. The molecule has 1 fully saturated rings. The van der Waals surface area contributed by atoms with Crippen LogP contribution in [-0.4, -0.2) is 31.5 Å². The van der Waals surface area contributed by atoms with E-state index in [-0.39, 0.29) is 41.4 Å². The van der Waals surface area contributed by atoms with Crippen LogP contribution in [0.4, 0.5) is 8.78 Å². The van der Waals surface area contributed by atoms with Crippen LogP contribution in [0.25, 0.3) is 22.4 Å². The minimum atomic E-state index is -3.02. The quantitative estimate of drug-likeness (QED) is 0.329. The Labute approximate surface area is 213 Å². The summed E-state index contributed by atoms with van der Waals surface area (Å²) in [5.74, 6) is -3.17. The van der Waals surface area contributed by atoms with Gasteiger partial charge in [0.1, 0.15) is 17.0 Å². The van der Waals surface area contributed by atoms with Crippen LogP contribution in [0.15, 0.2) is 30.5 Å². The first-order valence-electron chi connectivity index (χ1n) is 14.8. The lowest BCUT2D eigenvalue weighted by Gasteiger charge is -2.29. The van der Waals surface area contributed by atoms with Crippen LogP contribution in [0.2, 0.25) is 5.02 Å². The number of hydrogen-bond donors (Lipinski definition) is 0. The summed E-state index contributed by atoms with van der Waals surface area (Å²) in [6, 6.07) is 5.27. The van der Waals surface area contributed by atoms with Gasteiger partial charge in [0.25, 0.3) is 0 Å². The van der Waals surface area contributed by atoms with Crippen molar-refractivity contribution in [2.45, 2.75) is 45.4 Å². The van der Waals surface area contributed by atoms with Crippen LogP contribution < -0.4 is 0 Å². The van der Waals surface area contributed by atoms with E-state index < -0.39 is 66.2 Å². The van der Waals surface area contributed by atoms with Crippen LogP contribution >= 0.6 is 11.6 Å². The maximum atomic E-state index is 15.2. The maximum absolute atomic E-state index is 15.2. The molecule has 0 unspecified atom stereocenters. The molecule has 0 amide bonds. The van der Waals surface area contributed by atoms with Gasteiger partial charge in [-0.05, 0) is 63.2 Å². The van der Waals surface area contributed by atoms with E-state index in [4.69, 9.17) is 28.7 Å². The molecule has 1 aliphatic heterocycles. The Morgan fingerprint density at radius 2 is 1.88 bits per heavy atom. The molecule has 5 rings (SSSR count). The number of halogens is 3. The molecule has 174 valence electrons. The summed E-state index contributed by atoms with van der Waals surface area (Å²) in [5.41, 5.74) is -2.61. The standard InChI is InChI=1S/C25H22ClF2N5O/c1-12-10-15(6-8-29-12)19-11-16(7-9-34-19)24-32-22(17-4-5-18(26)21(28)20(17)27)23-25(33-24)31-14(3)13(2)30-23/h4-6,8,10,16,19H,7,9,11H2,1-3H3/t16-,19-/m1/s1/i1D3,2D3,3D3. The highest BCUT2D eigenvalue weighted by atomic mass is 35.5. The Morgan fingerprint density at radius 1 is 1.03 bits per heavy atom. The Morgan fingerprint density at radius 3 is 2.71 bits per heavy atom. The second kappa shape index (κ2) is 8.92. The molecule has 1 aliphatic rings. The van der Waals surface area contributed by atoms with Gasteiger partial charge < -0.3 is 4.74 Å². The summed E-state index contributed by atoms with van der Waals surface area (Å²) in [5, 5.41) is -0.500. The summed E-state index contributed by atoms with van der Waals surface area (Å²) in [7, 11) is 0. The minimum absolute atomic E-state index is 0.0723. The molecule has 4 aromatic rings. The first-order chi connectivity index (χ1) is 19.9. The zero-order valence-electron chi connectivity index (χ0n) is 26.4. The first kappa shape index (κ1) is 14.3. The van der Waals surface area contributed by atoms with Gasteiger partial charge in [-0.3, -0.25) is 4.98 Å². The van der Waals surface area contributed by atoms with Crippen molar-refractivity contribution in [2.75, 3.05) is 6.61 Å². The summed E-state index contributed by atoms with van der Waals surface area (Å²) >= 11 is 5.75. The second-order valence-electron chi connectivity index (χ2n) is 7.80. The summed E-state index contributed by atoms with van der Waals surface area (Å²) in [6.07, 6.45) is 1.36. The third-order valence-corrected chi connectivity index (χ3v) is 5.94. The predicted molar refractivity (Wildman–Crippen MR) is 125 cm³/mol. The van der Waals surface area contributed by atoms with E-state index in [2.05, 4.69) is 24.9 Å². The lowest BCUT2D eigenvalue weighted by Crippen LogP contribution is -2.21. The number of rotatable bonds is 3. The molecule has 0 saturated carbocycles. The fourth-order valence-corrected chi connectivity index (χ4v) is 4.10. The largest absolute Gasteiger partial charge is 0.373 e. The van der Waals surface area contributed by atoms with Gasteiger partial charge in [-0.1, -0.05) is 11.6 Å². The number of aromatic nitrogens is 5. The van der Waals surface area contributed by atoms with Crippen LogP contribution in [0.3, 0.4) is 0 Å². The fraction of sp³-hybridized carbons (Fsp3) is 0.320. The molecule has 0 radical (unpaired) electrons. The number of pyridine rings is 1. The topological polar surface area (TPSA) is 73.7 Å². The number of aryl methyl sites for hydroxylation is 3. The fourth-order valence-electron chi connectivity index (χ4n) is 3.95. The van der Waals surface area contributed by atoms with E-state index in [1.165, 1.54) is 12.3 Å². The molecule has 2 atom stereocenters. The van der Waals surface area contributed by atoms with E-state index in [1.54, 1.807) is 6.07 Å². The van der Waals surface area contributed by atoms with Crippen molar-refractivity contribution in [3.8, 4) is 11.3 Å². The summed E-state index contributed by atoms with van der Waals surface area (Å²) < 4.78 is 106. The smallest absolute Gasteiger partial charge is 0.182 e. The Kier molecular flexibility index (Phi) is 3.76. The lowest BCUT2D eigenvalue weighted by atomic mass is 9.91. The van der Waals surface area contributed by atoms with E-state index in [9.17, 15) is 4.39 Å².